The summed E-state index contributed by atoms with van der Waals surface area (Å²) >= 11 is 0. The summed E-state index contributed by atoms with van der Waals surface area (Å²) in [6, 6.07) is 1.99. The van der Waals surface area contributed by atoms with Gasteiger partial charge in [-0.15, -0.1) is 0 Å². The lowest BCUT2D eigenvalue weighted by molar-refractivity contribution is 0.584. The third-order valence-corrected chi connectivity index (χ3v) is 3.33. The number of hydrogen-bond acceptors (Lipinski definition) is 5. The number of nitrogens with zero attached hydrogens (tertiary/aromatic N) is 3. The number of anilines is 2. The number of rotatable bonds is 4. The van der Waals surface area contributed by atoms with Crippen LogP contribution < -0.4 is 15.5 Å². The molecule has 1 aliphatic heterocycles. The Morgan fingerprint density at radius 2 is 2.18 bits per heavy atom. The summed E-state index contributed by atoms with van der Waals surface area (Å²) in [7, 11) is 0. The van der Waals surface area contributed by atoms with Crippen LogP contribution in [0.1, 0.15) is 12.8 Å². The monoisotopic (exact) mass is 233 g/mol. The molecule has 0 aromatic carbocycles. The molecule has 0 bridgehead atoms. The van der Waals surface area contributed by atoms with Crippen molar-refractivity contribution in [3.05, 3.63) is 12.3 Å². The average molecular weight is 233 g/mol. The minimum atomic E-state index is 0.771. The zero-order chi connectivity index (χ0) is 11.5. The van der Waals surface area contributed by atoms with Crippen LogP contribution in [0, 0.1) is 5.92 Å². The summed E-state index contributed by atoms with van der Waals surface area (Å²) in [5, 5.41) is 6.67. The van der Waals surface area contributed by atoms with Gasteiger partial charge >= 0.3 is 0 Å². The van der Waals surface area contributed by atoms with Crippen LogP contribution in [0.15, 0.2) is 12.3 Å². The van der Waals surface area contributed by atoms with Gasteiger partial charge in [0.2, 0.25) is 5.95 Å². The molecule has 5 heteroatoms. The van der Waals surface area contributed by atoms with Crippen LogP contribution in [-0.2, 0) is 0 Å². The number of aromatic nitrogens is 2. The molecule has 1 saturated heterocycles. The fourth-order valence-electron chi connectivity index (χ4n) is 2.06. The maximum Gasteiger partial charge on any atom is 0.224 e. The summed E-state index contributed by atoms with van der Waals surface area (Å²) in [6.07, 6.45) is 4.55. The minimum absolute atomic E-state index is 0.771. The SMILES string of the molecule is c1cc(N2CCNCC2)nc(NCC2CC2)n1. The molecule has 1 aromatic heterocycles. The molecule has 1 aromatic rings. The minimum Gasteiger partial charge on any atom is -0.354 e. The van der Waals surface area contributed by atoms with E-state index in [1.54, 1.807) is 0 Å². The molecular formula is C12H19N5. The molecule has 2 heterocycles. The van der Waals surface area contributed by atoms with Gasteiger partial charge in [0.25, 0.3) is 0 Å². The molecule has 2 N–H and O–H groups in total. The normalized spacial score (nSPS) is 20.4. The lowest BCUT2D eigenvalue weighted by Gasteiger charge is -2.28. The van der Waals surface area contributed by atoms with E-state index < -0.39 is 0 Å². The van der Waals surface area contributed by atoms with Gasteiger partial charge in [-0.2, -0.15) is 4.98 Å². The van der Waals surface area contributed by atoms with Crippen molar-refractivity contribution in [1.82, 2.24) is 15.3 Å². The van der Waals surface area contributed by atoms with Gasteiger partial charge in [-0.1, -0.05) is 0 Å². The molecule has 3 rings (SSSR count). The Hall–Kier alpha value is -1.36. The van der Waals surface area contributed by atoms with E-state index in [1.165, 1.54) is 12.8 Å². The van der Waals surface area contributed by atoms with Crippen molar-refractivity contribution < 1.29 is 0 Å². The molecule has 2 fully saturated rings. The van der Waals surface area contributed by atoms with Crippen molar-refractivity contribution in [3.8, 4) is 0 Å². The third kappa shape index (κ3) is 2.85. The second-order valence-electron chi connectivity index (χ2n) is 4.80. The lowest BCUT2D eigenvalue weighted by Crippen LogP contribution is -2.43. The van der Waals surface area contributed by atoms with Crippen LogP contribution in [0.2, 0.25) is 0 Å². The second-order valence-corrected chi connectivity index (χ2v) is 4.80. The van der Waals surface area contributed by atoms with Crippen LogP contribution in [0.5, 0.6) is 0 Å². The van der Waals surface area contributed by atoms with E-state index in [0.29, 0.717) is 0 Å². The first-order valence-corrected chi connectivity index (χ1v) is 6.44. The maximum atomic E-state index is 4.57. The topological polar surface area (TPSA) is 53.1 Å². The first-order valence-electron chi connectivity index (χ1n) is 6.44. The molecule has 1 saturated carbocycles. The van der Waals surface area contributed by atoms with Crippen molar-refractivity contribution in [2.24, 2.45) is 5.92 Å². The van der Waals surface area contributed by atoms with Crippen LogP contribution in [-0.4, -0.2) is 42.7 Å². The van der Waals surface area contributed by atoms with Gasteiger partial charge in [-0.25, -0.2) is 4.98 Å². The highest BCUT2D eigenvalue weighted by Crippen LogP contribution is 2.28. The van der Waals surface area contributed by atoms with Crippen molar-refractivity contribution in [2.75, 3.05) is 42.9 Å². The Morgan fingerprint density at radius 1 is 1.35 bits per heavy atom. The van der Waals surface area contributed by atoms with E-state index in [4.69, 9.17) is 0 Å². The summed E-state index contributed by atoms with van der Waals surface area (Å²) in [5.74, 6) is 2.66. The smallest absolute Gasteiger partial charge is 0.224 e. The van der Waals surface area contributed by atoms with Crippen molar-refractivity contribution in [1.29, 1.82) is 0 Å². The number of hydrogen-bond donors (Lipinski definition) is 2. The van der Waals surface area contributed by atoms with E-state index in [2.05, 4.69) is 25.5 Å². The molecule has 0 spiro atoms. The molecule has 0 amide bonds. The van der Waals surface area contributed by atoms with E-state index in [9.17, 15) is 0 Å². The van der Waals surface area contributed by atoms with Gasteiger partial charge in [-0.05, 0) is 24.8 Å². The Labute approximate surface area is 102 Å². The van der Waals surface area contributed by atoms with Gasteiger partial charge in [0.1, 0.15) is 5.82 Å². The molecule has 92 valence electrons. The van der Waals surface area contributed by atoms with Crippen LogP contribution in [0.25, 0.3) is 0 Å². The molecule has 5 nitrogen and oxygen atoms in total. The first kappa shape index (κ1) is 10.8. The van der Waals surface area contributed by atoms with Crippen molar-refractivity contribution in [2.45, 2.75) is 12.8 Å². The first-order chi connectivity index (χ1) is 8.42. The summed E-state index contributed by atoms with van der Waals surface area (Å²) in [4.78, 5) is 11.1. The fraction of sp³-hybridized carbons (Fsp3) is 0.667. The van der Waals surface area contributed by atoms with Crippen molar-refractivity contribution >= 4 is 11.8 Å². The van der Waals surface area contributed by atoms with Crippen LogP contribution in [0.4, 0.5) is 11.8 Å². The van der Waals surface area contributed by atoms with Gasteiger partial charge < -0.3 is 15.5 Å². The molecule has 17 heavy (non-hydrogen) atoms. The number of nitrogens with one attached hydrogen (secondary N) is 2. The van der Waals surface area contributed by atoms with E-state index in [-0.39, 0.29) is 0 Å². The lowest BCUT2D eigenvalue weighted by atomic mass is 10.3. The molecule has 2 aliphatic rings. The molecular weight excluding hydrogens is 214 g/mol. The largest absolute Gasteiger partial charge is 0.354 e. The van der Waals surface area contributed by atoms with Crippen LogP contribution >= 0.6 is 0 Å². The quantitative estimate of drug-likeness (QED) is 0.802. The molecule has 1 aliphatic carbocycles. The van der Waals surface area contributed by atoms with Gasteiger partial charge in [0, 0.05) is 38.9 Å². The second kappa shape index (κ2) is 4.87. The van der Waals surface area contributed by atoms with Gasteiger partial charge in [-0.3, -0.25) is 0 Å². The Balaban J connectivity index is 1.64. The Kier molecular flexibility index (Phi) is 3.09. The maximum absolute atomic E-state index is 4.57. The Morgan fingerprint density at radius 3 is 2.94 bits per heavy atom. The van der Waals surface area contributed by atoms with Gasteiger partial charge in [0.05, 0.1) is 0 Å². The highest BCUT2D eigenvalue weighted by atomic mass is 15.3. The van der Waals surface area contributed by atoms with Gasteiger partial charge in [0.15, 0.2) is 0 Å². The summed E-state index contributed by atoms with van der Waals surface area (Å²) < 4.78 is 0. The van der Waals surface area contributed by atoms with E-state index in [0.717, 1.165) is 50.4 Å². The zero-order valence-corrected chi connectivity index (χ0v) is 10.0. The molecule has 0 radical (unpaired) electrons. The number of piperazine rings is 1. The van der Waals surface area contributed by atoms with E-state index in [1.807, 2.05) is 12.3 Å². The molecule has 0 unspecified atom stereocenters. The zero-order valence-electron chi connectivity index (χ0n) is 10.0. The van der Waals surface area contributed by atoms with Crippen molar-refractivity contribution in [3.63, 3.8) is 0 Å². The Bertz CT molecular complexity index is 371. The molecule has 0 atom stereocenters. The summed E-state index contributed by atoms with van der Waals surface area (Å²) in [6.45, 7) is 5.15. The highest BCUT2D eigenvalue weighted by Gasteiger charge is 2.21. The predicted molar refractivity (Wildman–Crippen MR) is 68.3 cm³/mol. The third-order valence-electron chi connectivity index (χ3n) is 3.33. The highest BCUT2D eigenvalue weighted by molar-refractivity contribution is 5.43. The fourth-order valence-corrected chi connectivity index (χ4v) is 2.06. The summed E-state index contributed by atoms with van der Waals surface area (Å²) in [5.41, 5.74) is 0. The average Bonchev–Trinajstić information content (AvgIpc) is 3.22. The van der Waals surface area contributed by atoms with E-state index >= 15 is 0 Å². The standard InChI is InChI=1S/C12H19N5/c1-2-10(1)9-15-12-14-4-3-11(16-12)17-7-5-13-6-8-17/h3-4,10,13H,1-2,5-9H2,(H,14,15,16). The predicted octanol–water partition coefficient (Wildman–Crippen LogP) is 0.708. The van der Waals surface area contributed by atoms with Crippen LogP contribution in [0.3, 0.4) is 0 Å².